The number of rotatable bonds is 3. The van der Waals surface area contributed by atoms with Crippen LogP contribution in [0.1, 0.15) is 46.4 Å². The molecule has 0 radical (unpaired) electrons. The van der Waals surface area contributed by atoms with Crippen molar-refractivity contribution < 1.29 is 0 Å². The van der Waals surface area contributed by atoms with Gasteiger partial charge in [-0.25, -0.2) is 4.98 Å². The van der Waals surface area contributed by atoms with Crippen LogP contribution >= 0.6 is 11.3 Å². The van der Waals surface area contributed by atoms with E-state index in [0.29, 0.717) is 6.04 Å². The molecule has 4 rings (SSSR count). The van der Waals surface area contributed by atoms with Crippen LogP contribution in [0, 0.1) is 6.92 Å². The lowest BCUT2D eigenvalue weighted by Gasteiger charge is -2.14. The monoisotopic (exact) mass is 302 g/mol. The highest BCUT2D eigenvalue weighted by Crippen LogP contribution is 2.29. The van der Waals surface area contributed by atoms with Gasteiger partial charge in [-0.3, -0.25) is 9.58 Å². The van der Waals surface area contributed by atoms with E-state index >= 15 is 0 Å². The average molecular weight is 302 g/mol. The molecule has 1 atom stereocenters. The molecule has 2 aromatic rings. The first-order valence-corrected chi connectivity index (χ1v) is 8.80. The van der Waals surface area contributed by atoms with Crippen LogP contribution in [0.2, 0.25) is 0 Å². The molecule has 1 aliphatic carbocycles. The first-order valence-electron chi connectivity index (χ1n) is 7.98. The number of likely N-dealkylation sites (tertiary alicyclic amines) is 1. The molecule has 0 saturated carbocycles. The third-order valence-electron chi connectivity index (χ3n) is 4.60. The van der Waals surface area contributed by atoms with Gasteiger partial charge in [0.05, 0.1) is 24.5 Å². The van der Waals surface area contributed by atoms with E-state index in [2.05, 4.69) is 27.8 Å². The van der Waals surface area contributed by atoms with E-state index < -0.39 is 0 Å². The summed E-state index contributed by atoms with van der Waals surface area (Å²) in [6, 6.07) is 0.535. The maximum absolute atomic E-state index is 4.87. The fourth-order valence-electron chi connectivity index (χ4n) is 3.47. The Hall–Kier alpha value is -1.20. The fraction of sp³-hybridized carbons (Fsp3) is 0.625. The van der Waals surface area contributed by atoms with E-state index in [-0.39, 0.29) is 0 Å². The Bertz CT molecular complexity index is 607. The van der Waals surface area contributed by atoms with Crippen molar-refractivity contribution in [3.05, 3.63) is 33.5 Å². The molecule has 112 valence electrons. The number of thiazole rings is 1. The molecule has 0 spiro atoms. The summed E-state index contributed by atoms with van der Waals surface area (Å²) in [5.41, 5.74) is 2.64. The maximum Gasteiger partial charge on any atom is 0.107 e. The number of aromatic nitrogens is 3. The van der Waals surface area contributed by atoms with E-state index in [9.17, 15) is 0 Å². The highest BCUT2D eigenvalue weighted by atomic mass is 32.1. The predicted molar refractivity (Wildman–Crippen MR) is 84.7 cm³/mol. The van der Waals surface area contributed by atoms with Crippen molar-refractivity contribution in [1.29, 1.82) is 0 Å². The van der Waals surface area contributed by atoms with Crippen molar-refractivity contribution in [3.63, 3.8) is 0 Å². The van der Waals surface area contributed by atoms with Gasteiger partial charge in [0.1, 0.15) is 5.01 Å². The van der Waals surface area contributed by atoms with Crippen molar-refractivity contribution >= 4 is 11.3 Å². The lowest BCUT2D eigenvalue weighted by atomic mass is 10.0. The molecule has 2 aromatic heterocycles. The Labute approximate surface area is 129 Å². The van der Waals surface area contributed by atoms with E-state index in [0.717, 1.165) is 19.6 Å². The summed E-state index contributed by atoms with van der Waals surface area (Å²) >= 11 is 1.95. The molecular weight excluding hydrogens is 280 g/mol. The Kier molecular flexibility index (Phi) is 3.55. The molecule has 1 unspecified atom stereocenters. The van der Waals surface area contributed by atoms with Crippen LogP contribution in [0.4, 0.5) is 0 Å². The SMILES string of the molecule is Cc1cnn(C2CCN(Cc3nc4c(s3)CCCC4)C2)c1. The van der Waals surface area contributed by atoms with Crippen molar-refractivity contribution in [2.75, 3.05) is 13.1 Å². The molecule has 5 heteroatoms. The summed E-state index contributed by atoms with van der Waals surface area (Å²) in [6.07, 6.45) is 10.4. The van der Waals surface area contributed by atoms with Crippen LogP contribution < -0.4 is 0 Å². The van der Waals surface area contributed by atoms with Gasteiger partial charge in [-0.1, -0.05) is 0 Å². The number of hydrogen-bond acceptors (Lipinski definition) is 4. The lowest BCUT2D eigenvalue weighted by Crippen LogP contribution is -2.21. The van der Waals surface area contributed by atoms with Crippen LogP contribution in [0.25, 0.3) is 0 Å². The molecule has 4 nitrogen and oxygen atoms in total. The molecule has 0 N–H and O–H groups in total. The highest BCUT2D eigenvalue weighted by molar-refractivity contribution is 7.11. The third-order valence-corrected chi connectivity index (χ3v) is 5.74. The largest absolute Gasteiger partial charge is 0.294 e. The zero-order valence-electron chi connectivity index (χ0n) is 12.6. The van der Waals surface area contributed by atoms with Crippen LogP contribution in [-0.2, 0) is 19.4 Å². The summed E-state index contributed by atoms with van der Waals surface area (Å²) < 4.78 is 2.14. The second-order valence-corrected chi connectivity index (χ2v) is 7.53. The minimum Gasteiger partial charge on any atom is -0.294 e. The number of nitrogens with zero attached hydrogens (tertiary/aromatic N) is 4. The summed E-state index contributed by atoms with van der Waals surface area (Å²) in [6.45, 7) is 5.39. The first kappa shape index (κ1) is 13.5. The minimum atomic E-state index is 0.535. The molecular formula is C16H22N4S. The zero-order chi connectivity index (χ0) is 14.2. The summed E-state index contributed by atoms with van der Waals surface area (Å²) in [5, 5.41) is 5.79. The van der Waals surface area contributed by atoms with Gasteiger partial charge in [0.2, 0.25) is 0 Å². The Morgan fingerprint density at radius 1 is 1.33 bits per heavy atom. The Balaban J connectivity index is 1.41. The third kappa shape index (κ3) is 2.77. The van der Waals surface area contributed by atoms with Gasteiger partial charge in [-0.2, -0.15) is 5.10 Å². The van der Waals surface area contributed by atoms with Crippen LogP contribution in [-0.4, -0.2) is 32.8 Å². The Morgan fingerprint density at radius 3 is 3.05 bits per heavy atom. The van der Waals surface area contributed by atoms with Gasteiger partial charge in [0.15, 0.2) is 0 Å². The quantitative estimate of drug-likeness (QED) is 0.874. The standard InChI is InChI=1S/C16H22N4S/c1-12-8-17-20(9-12)13-6-7-19(10-13)11-16-18-14-4-2-3-5-15(14)21-16/h8-9,13H,2-7,10-11H2,1H3. The van der Waals surface area contributed by atoms with Gasteiger partial charge >= 0.3 is 0 Å². The Morgan fingerprint density at radius 2 is 2.24 bits per heavy atom. The summed E-state index contributed by atoms with van der Waals surface area (Å²) in [7, 11) is 0. The van der Waals surface area contributed by atoms with Crippen LogP contribution in [0.15, 0.2) is 12.4 Å². The number of hydrogen-bond donors (Lipinski definition) is 0. The topological polar surface area (TPSA) is 34.0 Å². The number of fused-ring (bicyclic) bond motifs is 1. The lowest BCUT2D eigenvalue weighted by molar-refractivity contribution is 0.311. The molecule has 0 amide bonds. The fourth-order valence-corrected chi connectivity index (χ4v) is 4.67. The molecule has 1 saturated heterocycles. The predicted octanol–water partition coefficient (Wildman–Crippen LogP) is 2.97. The molecule has 0 bridgehead atoms. The van der Waals surface area contributed by atoms with Gasteiger partial charge in [-0.05, 0) is 44.6 Å². The molecule has 1 fully saturated rings. The molecule has 1 aliphatic heterocycles. The minimum absolute atomic E-state index is 0.535. The van der Waals surface area contributed by atoms with Crippen LogP contribution in [0.5, 0.6) is 0 Å². The smallest absolute Gasteiger partial charge is 0.107 e. The summed E-state index contributed by atoms with van der Waals surface area (Å²) in [5.74, 6) is 0. The maximum atomic E-state index is 4.87. The van der Waals surface area contributed by atoms with Crippen molar-refractivity contribution in [2.24, 2.45) is 0 Å². The highest BCUT2D eigenvalue weighted by Gasteiger charge is 2.25. The average Bonchev–Trinajstić information content (AvgIpc) is 3.17. The van der Waals surface area contributed by atoms with Gasteiger partial charge in [0.25, 0.3) is 0 Å². The number of aryl methyl sites for hydroxylation is 3. The van der Waals surface area contributed by atoms with Crippen LogP contribution in [0.3, 0.4) is 0 Å². The van der Waals surface area contributed by atoms with Gasteiger partial charge in [0, 0.05) is 24.2 Å². The van der Waals surface area contributed by atoms with Crippen molar-refractivity contribution in [2.45, 2.75) is 51.6 Å². The van der Waals surface area contributed by atoms with E-state index in [4.69, 9.17) is 4.98 Å². The second-order valence-electron chi connectivity index (χ2n) is 6.36. The van der Waals surface area contributed by atoms with E-state index in [1.165, 1.54) is 48.4 Å². The van der Waals surface area contributed by atoms with Gasteiger partial charge < -0.3 is 0 Å². The molecule has 21 heavy (non-hydrogen) atoms. The first-order chi connectivity index (χ1) is 10.3. The molecule has 3 heterocycles. The van der Waals surface area contributed by atoms with Crippen molar-refractivity contribution in [1.82, 2.24) is 19.7 Å². The summed E-state index contributed by atoms with van der Waals surface area (Å²) in [4.78, 5) is 8.95. The van der Waals surface area contributed by atoms with Crippen molar-refractivity contribution in [3.8, 4) is 0 Å². The molecule has 0 aromatic carbocycles. The van der Waals surface area contributed by atoms with E-state index in [1.54, 1.807) is 4.88 Å². The van der Waals surface area contributed by atoms with E-state index in [1.807, 2.05) is 17.5 Å². The molecule has 2 aliphatic rings. The second kappa shape index (κ2) is 5.54. The van der Waals surface area contributed by atoms with Gasteiger partial charge in [-0.15, -0.1) is 11.3 Å². The normalized spacial score (nSPS) is 22.6. The zero-order valence-corrected chi connectivity index (χ0v) is 13.4.